The molecule has 0 radical (unpaired) electrons. The highest BCUT2D eigenvalue weighted by molar-refractivity contribution is 6.05. The second-order valence-electron chi connectivity index (χ2n) is 7.81. The minimum Gasteiger partial charge on any atom is -0.481 e. The van der Waals surface area contributed by atoms with Gasteiger partial charge < -0.3 is 10.0 Å². The third-order valence-corrected chi connectivity index (χ3v) is 6.09. The molecule has 4 rings (SSSR count). The van der Waals surface area contributed by atoms with Crippen LogP contribution in [0.1, 0.15) is 24.8 Å². The van der Waals surface area contributed by atoms with Crippen molar-refractivity contribution in [2.75, 3.05) is 13.1 Å². The van der Waals surface area contributed by atoms with Crippen molar-refractivity contribution in [3.8, 4) is 0 Å². The van der Waals surface area contributed by atoms with Crippen molar-refractivity contribution in [3.63, 3.8) is 0 Å². The molecule has 3 unspecified atom stereocenters. The van der Waals surface area contributed by atoms with Crippen molar-refractivity contribution in [1.29, 1.82) is 0 Å². The van der Waals surface area contributed by atoms with E-state index in [0.717, 1.165) is 18.4 Å². The molecule has 2 fully saturated rings. The fourth-order valence-corrected chi connectivity index (χ4v) is 4.71. The maximum absolute atomic E-state index is 12.9. The Morgan fingerprint density at radius 2 is 1.89 bits per heavy atom. The van der Waals surface area contributed by atoms with Crippen LogP contribution >= 0.6 is 0 Å². The summed E-state index contributed by atoms with van der Waals surface area (Å²) >= 11 is 0. The van der Waals surface area contributed by atoms with Gasteiger partial charge in [0.25, 0.3) is 5.91 Å². The van der Waals surface area contributed by atoms with E-state index in [-0.39, 0.29) is 24.9 Å². The maximum Gasteiger partial charge on any atom is 0.327 e. The second kappa shape index (κ2) is 7.18. The van der Waals surface area contributed by atoms with Crippen LogP contribution in [0, 0.1) is 17.8 Å². The van der Waals surface area contributed by atoms with Crippen LogP contribution in [0.25, 0.3) is 0 Å². The molecule has 4 atom stereocenters. The summed E-state index contributed by atoms with van der Waals surface area (Å²) in [4.78, 5) is 39.8. The first-order valence-corrected chi connectivity index (χ1v) is 9.59. The highest BCUT2D eigenvalue weighted by atomic mass is 16.4. The fourth-order valence-electron chi connectivity index (χ4n) is 4.71. The summed E-state index contributed by atoms with van der Waals surface area (Å²) in [5.41, 5.74) is 1.05. The number of nitrogens with zero attached hydrogens (tertiary/aromatic N) is 2. The van der Waals surface area contributed by atoms with Gasteiger partial charge in [-0.25, -0.2) is 4.79 Å². The highest BCUT2D eigenvalue weighted by Gasteiger charge is 2.48. The Balaban J connectivity index is 1.48. The number of rotatable bonds is 7. The molecule has 2 bridgehead atoms. The van der Waals surface area contributed by atoms with Gasteiger partial charge in [-0.15, -0.1) is 0 Å². The van der Waals surface area contributed by atoms with Crippen LogP contribution in [0.15, 0.2) is 42.5 Å². The van der Waals surface area contributed by atoms with Crippen LogP contribution in [-0.2, 0) is 16.0 Å². The van der Waals surface area contributed by atoms with E-state index >= 15 is 0 Å². The first-order valence-electron chi connectivity index (χ1n) is 9.59. The predicted molar refractivity (Wildman–Crippen MR) is 98.8 cm³/mol. The zero-order chi connectivity index (χ0) is 19.0. The van der Waals surface area contributed by atoms with Gasteiger partial charge in [-0.1, -0.05) is 42.5 Å². The minimum atomic E-state index is -1.05. The van der Waals surface area contributed by atoms with Crippen LogP contribution in [0.2, 0.25) is 0 Å². The van der Waals surface area contributed by atoms with Gasteiger partial charge in [-0.2, -0.15) is 0 Å². The molecule has 1 heterocycles. The van der Waals surface area contributed by atoms with E-state index in [1.807, 2.05) is 30.3 Å². The molecule has 0 aromatic heterocycles. The van der Waals surface area contributed by atoms with Crippen LogP contribution in [0.4, 0.5) is 4.79 Å². The summed E-state index contributed by atoms with van der Waals surface area (Å²) in [5, 5.41) is 9.24. The summed E-state index contributed by atoms with van der Waals surface area (Å²) in [7, 11) is 0. The Hall–Kier alpha value is -2.63. The number of aliphatic carboxylic acids is 1. The van der Waals surface area contributed by atoms with Gasteiger partial charge in [0.05, 0.1) is 6.42 Å². The molecule has 2 aliphatic carbocycles. The number of carbonyl (C=O) groups is 3. The summed E-state index contributed by atoms with van der Waals surface area (Å²) < 4.78 is 0. The van der Waals surface area contributed by atoms with Crippen molar-refractivity contribution in [3.05, 3.63) is 48.0 Å². The molecule has 0 spiro atoms. The normalized spacial score (nSPS) is 29.2. The molecule has 1 aliphatic heterocycles. The van der Waals surface area contributed by atoms with Crippen molar-refractivity contribution in [1.82, 2.24) is 9.80 Å². The quantitative estimate of drug-likeness (QED) is 0.593. The monoisotopic (exact) mass is 368 g/mol. The molecule has 1 N–H and O–H groups in total. The Morgan fingerprint density at radius 3 is 2.52 bits per heavy atom. The molecular formula is C21H24N2O4. The van der Waals surface area contributed by atoms with Crippen LogP contribution in [-0.4, -0.2) is 51.9 Å². The maximum atomic E-state index is 12.9. The molecular weight excluding hydrogens is 344 g/mol. The largest absolute Gasteiger partial charge is 0.481 e. The molecule has 3 aliphatic rings. The predicted octanol–water partition coefficient (Wildman–Crippen LogP) is 2.55. The average molecular weight is 368 g/mol. The van der Waals surface area contributed by atoms with E-state index in [9.17, 15) is 19.5 Å². The van der Waals surface area contributed by atoms with Gasteiger partial charge in [-0.3, -0.25) is 14.5 Å². The zero-order valence-corrected chi connectivity index (χ0v) is 15.2. The number of allylic oxidation sites excluding steroid dienone is 2. The number of fused-ring (bicyclic) bond motifs is 2. The number of carboxylic acids is 1. The highest BCUT2D eigenvalue weighted by Crippen LogP contribution is 2.44. The topological polar surface area (TPSA) is 77.9 Å². The fraction of sp³-hybridized carbons (Fsp3) is 0.476. The van der Waals surface area contributed by atoms with Gasteiger partial charge in [0.1, 0.15) is 6.04 Å². The van der Waals surface area contributed by atoms with Crippen LogP contribution < -0.4 is 0 Å². The van der Waals surface area contributed by atoms with E-state index in [0.29, 0.717) is 30.7 Å². The minimum absolute atomic E-state index is 0.283. The Bertz CT molecular complexity index is 776. The number of urea groups is 1. The average Bonchev–Trinajstić information content (AvgIpc) is 3.32. The Morgan fingerprint density at radius 1 is 1.11 bits per heavy atom. The Labute approximate surface area is 158 Å². The van der Waals surface area contributed by atoms with Gasteiger partial charge in [0.15, 0.2) is 0 Å². The number of benzene rings is 1. The third kappa shape index (κ3) is 3.48. The van der Waals surface area contributed by atoms with Gasteiger partial charge in [0.2, 0.25) is 0 Å². The van der Waals surface area contributed by atoms with Crippen molar-refractivity contribution < 1.29 is 19.5 Å². The SMILES string of the molecule is O=C(O)C[C@H]1C(=O)N(CCc2ccccc2)C(=O)N1CC1CC2C=CC1C2. The van der Waals surface area contributed by atoms with Crippen LogP contribution in [0.3, 0.4) is 0 Å². The van der Waals surface area contributed by atoms with E-state index < -0.39 is 12.0 Å². The van der Waals surface area contributed by atoms with Gasteiger partial charge >= 0.3 is 12.0 Å². The number of hydrogen-bond donors (Lipinski definition) is 1. The number of carbonyl (C=O) groups excluding carboxylic acids is 2. The van der Waals surface area contributed by atoms with Crippen molar-refractivity contribution >= 4 is 17.9 Å². The standard InChI is InChI=1S/C21H24N2O4/c24-19(25)12-18-20(26)22(9-8-14-4-2-1-3-5-14)21(27)23(18)13-17-11-15-6-7-16(17)10-15/h1-7,15-18H,8-13H2,(H,24,25)/t15?,16?,17?,18-/m0/s1. The number of carboxylic acid groups (broad SMARTS) is 1. The van der Waals surface area contributed by atoms with Gasteiger partial charge in [0, 0.05) is 13.1 Å². The summed E-state index contributed by atoms with van der Waals surface area (Å²) in [5.74, 6) is -0.0923. The first kappa shape index (κ1) is 17.8. The lowest BCUT2D eigenvalue weighted by molar-refractivity contribution is -0.141. The molecule has 1 aromatic carbocycles. The van der Waals surface area contributed by atoms with Gasteiger partial charge in [-0.05, 0) is 42.6 Å². The number of imide groups is 1. The van der Waals surface area contributed by atoms with E-state index in [1.54, 1.807) is 0 Å². The molecule has 6 nitrogen and oxygen atoms in total. The molecule has 1 aromatic rings. The number of amides is 3. The molecule has 1 saturated heterocycles. The first-order chi connectivity index (χ1) is 13.0. The van der Waals surface area contributed by atoms with Crippen molar-refractivity contribution in [2.24, 2.45) is 17.8 Å². The van der Waals surface area contributed by atoms with Crippen LogP contribution in [0.5, 0.6) is 0 Å². The second-order valence-corrected chi connectivity index (χ2v) is 7.81. The smallest absolute Gasteiger partial charge is 0.327 e. The van der Waals surface area contributed by atoms with E-state index in [2.05, 4.69) is 12.2 Å². The lowest BCUT2D eigenvalue weighted by Gasteiger charge is -2.27. The van der Waals surface area contributed by atoms with Crippen molar-refractivity contribution in [2.45, 2.75) is 31.7 Å². The summed E-state index contributed by atoms with van der Waals surface area (Å²) in [6, 6.07) is 8.46. The van der Waals surface area contributed by atoms with E-state index in [4.69, 9.17) is 0 Å². The number of hydrogen-bond acceptors (Lipinski definition) is 3. The molecule has 142 valence electrons. The van der Waals surface area contributed by atoms with E-state index in [1.165, 1.54) is 9.80 Å². The summed E-state index contributed by atoms with van der Waals surface area (Å²) in [6.07, 6.45) is 6.82. The molecule has 6 heteroatoms. The lowest BCUT2D eigenvalue weighted by Crippen LogP contribution is -2.41. The molecule has 3 amide bonds. The Kier molecular flexibility index (Phi) is 4.72. The molecule has 27 heavy (non-hydrogen) atoms. The summed E-state index contributed by atoms with van der Waals surface area (Å²) in [6.45, 7) is 0.751. The lowest BCUT2D eigenvalue weighted by atomic mass is 9.92. The third-order valence-electron chi connectivity index (χ3n) is 6.09. The molecule has 1 saturated carbocycles. The zero-order valence-electron chi connectivity index (χ0n) is 15.2.